The van der Waals surface area contributed by atoms with Gasteiger partial charge in [-0.1, -0.05) is 0 Å². The van der Waals surface area contributed by atoms with Crippen molar-refractivity contribution in [2.75, 3.05) is 6.61 Å². The van der Waals surface area contributed by atoms with Crippen molar-refractivity contribution >= 4 is 7.85 Å². The number of rotatable bonds is 1. The molecule has 10 heavy (non-hydrogen) atoms. The fourth-order valence-electron chi connectivity index (χ4n) is 1.34. The third kappa shape index (κ3) is 1.19. The van der Waals surface area contributed by atoms with E-state index in [2.05, 4.69) is 0 Å². The molecule has 2 radical (unpaired) electrons. The van der Waals surface area contributed by atoms with Gasteiger partial charge < -0.3 is 15.3 Å². The molecule has 4 atom stereocenters. The number of aliphatic hydroxyl groups excluding tert-OH is 3. The average molecular weight is 142 g/mol. The highest BCUT2D eigenvalue weighted by atomic mass is 16.3. The molecule has 3 nitrogen and oxygen atoms in total. The maximum Gasteiger partial charge on any atom is 0.0844 e. The van der Waals surface area contributed by atoms with Gasteiger partial charge in [-0.05, 0) is 12.2 Å². The molecule has 0 saturated heterocycles. The van der Waals surface area contributed by atoms with E-state index in [-0.39, 0.29) is 18.3 Å². The van der Waals surface area contributed by atoms with Crippen LogP contribution in [0.2, 0.25) is 5.82 Å². The lowest BCUT2D eigenvalue weighted by Gasteiger charge is -2.13. The molecular formula is C6H11BO3. The molecule has 56 valence electrons. The second kappa shape index (κ2) is 2.90. The van der Waals surface area contributed by atoms with E-state index in [9.17, 15) is 0 Å². The first-order chi connectivity index (χ1) is 4.66. The molecule has 4 heteroatoms. The fraction of sp³-hybridized carbons (Fsp3) is 1.00. The second-order valence-electron chi connectivity index (χ2n) is 2.82. The molecule has 1 rings (SSSR count). The molecule has 0 aliphatic heterocycles. The molecular weight excluding hydrogens is 131 g/mol. The largest absolute Gasteiger partial charge is 0.396 e. The van der Waals surface area contributed by atoms with Gasteiger partial charge >= 0.3 is 0 Å². The topological polar surface area (TPSA) is 60.7 Å². The van der Waals surface area contributed by atoms with Crippen LogP contribution in [0.4, 0.5) is 0 Å². The van der Waals surface area contributed by atoms with E-state index >= 15 is 0 Å². The Balaban J connectivity index is 2.53. The van der Waals surface area contributed by atoms with Crippen LogP contribution in [0.1, 0.15) is 6.42 Å². The molecule has 0 spiro atoms. The van der Waals surface area contributed by atoms with Crippen LogP contribution in [0.15, 0.2) is 0 Å². The zero-order chi connectivity index (χ0) is 7.72. The van der Waals surface area contributed by atoms with Crippen molar-refractivity contribution in [3.05, 3.63) is 0 Å². The van der Waals surface area contributed by atoms with Crippen LogP contribution in [0.3, 0.4) is 0 Å². The van der Waals surface area contributed by atoms with Crippen molar-refractivity contribution in [2.45, 2.75) is 24.4 Å². The number of hydrogen-bond donors (Lipinski definition) is 3. The Morgan fingerprint density at radius 3 is 2.10 bits per heavy atom. The van der Waals surface area contributed by atoms with Gasteiger partial charge in [0.1, 0.15) is 0 Å². The predicted octanol–water partition coefficient (Wildman–Crippen LogP) is -1.32. The van der Waals surface area contributed by atoms with Gasteiger partial charge in [0.15, 0.2) is 0 Å². The van der Waals surface area contributed by atoms with E-state index in [0.29, 0.717) is 6.42 Å². The van der Waals surface area contributed by atoms with Crippen molar-refractivity contribution in [3.63, 3.8) is 0 Å². The van der Waals surface area contributed by atoms with Gasteiger partial charge in [-0.3, -0.25) is 0 Å². The van der Waals surface area contributed by atoms with Gasteiger partial charge in [0.2, 0.25) is 0 Å². The van der Waals surface area contributed by atoms with Crippen LogP contribution in [-0.4, -0.2) is 42.0 Å². The Morgan fingerprint density at radius 2 is 1.90 bits per heavy atom. The summed E-state index contributed by atoms with van der Waals surface area (Å²) in [7, 11) is 5.41. The average Bonchev–Trinajstić information content (AvgIpc) is 2.17. The molecule has 1 unspecified atom stereocenters. The summed E-state index contributed by atoms with van der Waals surface area (Å²) in [6.45, 7) is -0.105. The van der Waals surface area contributed by atoms with Crippen LogP contribution in [0.5, 0.6) is 0 Å². The molecule has 1 fully saturated rings. The van der Waals surface area contributed by atoms with Gasteiger partial charge in [-0.15, -0.1) is 0 Å². The van der Waals surface area contributed by atoms with Crippen molar-refractivity contribution in [1.82, 2.24) is 0 Å². The van der Waals surface area contributed by atoms with Crippen molar-refractivity contribution in [2.24, 2.45) is 5.92 Å². The molecule has 0 aromatic rings. The summed E-state index contributed by atoms with van der Waals surface area (Å²) in [6, 6.07) is 0. The van der Waals surface area contributed by atoms with Crippen molar-refractivity contribution < 1.29 is 15.3 Å². The summed E-state index contributed by atoms with van der Waals surface area (Å²) in [5.74, 6) is -0.628. The Morgan fingerprint density at radius 1 is 1.30 bits per heavy atom. The Labute approximate surface area is 61.1 Å². The Kier molecular flexibility index (Phi) is 2.34. The minimum absolute atomic E-state index is 0.105. The van der Waals surface area contributed by atoms with E-state index in [0.717, 1.165) is 0 Å². The SMILES string of the molecule is [B][C@@H]1C[C@H](CO)[C@@H](O)C1O. The van der Waals surface area contributed by atoms with Crippen molar-refractivity contribution in [3.8, 4) is 0 Å². The fourth-order valence-corrected chi connectivity index (χ4v) is 1.34. The zero-order valence-corrected chi connectivity index (χ0v) is 5.64. The van der Waals surface area contributed by atoms with Crippen LogP contribution in [0, 0.1) is 5.92 Å². The smallest absolute Gasteiger partial charge is 0.0844 e. The molecule has 1 aliphatic rings. The van der Waals surface area contributed by atoms with E-state index in [1.807, 2.05) is 0 Å². The van der Waals surface area contributed by atoms with Gasteiger partial charge in [0.05, 0.1) is 20.1 Å². The predicted molar refractivity (Wildman–Crippen MR) is 36.7 cm³/mol. The monoisotopic (exact) mass is 142 g/mol. The van der Waals surface area contributed by atoms with Gasteiger partial charge in [-0.2, -0.15) is 0 Å². The lowest BCUT2D eigenvalue weighted by molar-refractivity contribution is 0.00707. The molecule has 1 saturated carbocycles. The van der Waals surface area contributed by atoms with E-state index in [1.165, 1.54) is 0 Å². The van der Waals surface area contributed by atoms with Crippen LogP contribution in [0.25, 0.3) is 0 Å². The quantitative estimate of drug-likeness (QED) is 0.398. The van der Waals surface area contributed by atoms with Gasteiger partial charge in [0.25, 0.3) is 0 Å². The summed E-state index contributed by atoms with van der Waals surface area (Å²) in [5, 5.41) is 26.9. The highest BCUT2D eigenvalue weighted by molar-refractivity contribution is 6.12. The molecule has 0 aromatic heterocycles. The first kappa shape index (κ1) is 8.05. The lowest BCUT2D eigenvalue weighted by atomic mass is 9.84. The molecule has 0 aromatic carbocycles. The summed E-state index contributed by atoms with van der Waals surface area (Å²) in [6.07, 6.45) is -1.21. The first-order valence-corrected chi connectivity index (χ1v) is 3.39. The zero-order valence-electron chi connectivity index (χ0n) is 5.64. The highest BCUT2D eigenvalue weighted by Gasteiger charge is 2.37. The maximum atomic E-state index is 9.14. The van der Waals surface area contributed by atoms with Gasteiger partial charge in [0, 0.05) is 12.5 Å². The minimum atomic E-state index is -0.864. The normalized spacial score (nSPS) is 47.9. The molecule has 3 N–H and O–H groups in total. The molecule has 1 aliphatic carbocycles. The number of aliphatic hydroxyl groups is 3. The lowest BCUT2D eigenvalue weighted by Crippen LogP contribution is -2.28. The van der Waals surface area contributed by atoms with Crippen LogP contribution in [-0.2, 0) is 0 Å². The summed E-state index contributed by atoms with van der Waals surface area (Å²) < 4.78 is 0. The highest BCUT2D eigenvalue weighted by Crippen LogP contribution is 2.33. The third-order valence-corrected chi connectivity index (χ3v) is 2.08. The van der Waals surface area contributed by atoms with E-state index in [4.69, 9.17) is 23.2 Å². The minimum Gasteiger partial charge on any atom is -0.396 e. The summed E-state index contributed by atoms with van der Waals surface area (Å²) in [5.41, 5.74) is 0. The van der Waals surface area contributed by atoms with Crippen LogP contribution < -0.4 is 0 Å². The van der Waals surface area contributed by atoms with E-state index < -0.39 is 12.2 Å². The molecule has 0 amide bonds. The Bertz CT molecular complexity index is 120. The molecule has 0 bridgehead atoms. The second-order valence-corrected chi connectivity index (χ2v) is 2.82. The standard InChI is InChI=1S/C6H11BO3/c7-4-1-3(2-8)5(9)6(4)10/h3-6,8-10H,1-2H2/t3-,4-,5-,6?/m1/s1. The summed E-state index contributed by atoms with van der Waals surface area (Å²) in [4.78, 5) is 0. The van der Waals surface area contributed by atoms with Crippen molar-refractivity contribution in [1.29, 1.82) is 0 Å². The summed E-state index contributed by atoms with van der Waals surface area (Å²) >= 11 is 0. The third-order valence-electron chi connectivity index (χ3n) is 2.08. The van der Waals surface area contributed by atoms with E-state index in [1.54, 1.807) is 0 Å². The number of hydrogen-bond acceptors (Lipinski definition) is 3. The molecule has 0 heterocycles. The Hall–Kier alpha value is -0.0551. The van der Waals surface area contributed by atoms with Gasteiger partial charge in [-0.25, -0.2) is 0 Å². The first-order valence-electron chi connectivity index (χ1n) is 3.39. The van der Waals surface area contributed by atoms with Crippen LogP contribution >= 0.6 is 0 Å². The maximum absolute atomic E-state index is 9.14.